The molecule has 0 aromatic heterocycles. The van der Waals surface area contributed by atoms with Gasteiger partial charge in [0.1, 0.15) is 0 Å². The number of benzene rings is 2. The molecule has 7 heteroatoms. The second-order valence-corrected chi connectivity index (χ2v) is 5.63. The van der Waals surface area contributed by atoms with Gasteiger partial charge >= 0.3 is 0 Å². The molecule has 2 aromatic carbocycles. The van der Waals surface area contributed by atoms with Gasteiger partial charge in [-0.1, -0.05) is 29.3 Å². The van der Waals surface area contributed by atoms with Crippen LogP contribution in [0.25, 0.3) is 0 Å². The van der Waals surface area contributed by atoms with E-state index in [4.69, 9.17) is 28.9 Å². The van der Waals surface area contributed by atoms with Crippen LogP contribution in [0.5, 0.6) is 0 Å². The average Bonchev–Trinajstić information content (AvgIpc) is 2.54. The third-order valence-electron chi connectivity index (χ3n) is 3.22. The van der Waals surface area contributed by atoms with Crippen molar-refractivity contribution >= 4 is 40.7 Å². The molecule has 0 aliphatic rings. The molecule has 0 aliphatic carbocycles. The topological polar surface area (TPSA) is 84.2 Å². The predicted molar refractivity (Wildman–Crippen MR) is 91.9 cm³/mol. The van der Waals surface area contributed by atoms with Crippen LogP contribution < -0.4 is 16.4 Å². The minimum absolute atomic E-state index is 0.234. The Morgan fingerprint density at radius 3 is 2.39 bits per heavy atom. The number of amides is 2. The Labute approximate surface area is 143 Å². The van der Waals surface area contributed by atoms with Crippen molar-refractivity contribution in [2.75, 3.05) is 12.8 Å². The Balaban J connectivity index is 2.08. The minimum Gasteiger partial charge on any atom is -0.398 e. The molecule has 0 radical (unpaired) electrons. The van der Waals surface area contributed by atoms with Crippen LogP contribution in [-0.2, 0) is 6.54 Å². The molecular formula is C16H15Cl2N3O2. The number of carbonyl (C=O) groups is 2. The Hall–Kier alpha value is -2.24. The number of nitrogens with two attached hydrogens (primary N) is 1. The van der Waals surface area contributed by atoms with E-state index in [0.717, 1.165) is 5.56 Å². The fraction of sp³-hybridized carbons (Fsp3) is 0.125. The monoisotopic (exact) mass is 351 g/mol. The Morgan fingerprint density at radius 2 is 1.78 bits per heavy atom. The lowest BCUT2D eigenvalue weighted by molar-refractivity contribution is 0.0944. The summed E-state index contributed by atoms with van der Waals surface area (Å²) in [5.74, 6) is -0.600. The molecule has 23 heavy (non-hydrogen) atoms. The smallest absolute Gasteiger partial charge is 0.253 e. The number of anilines is 1. The first-order valence-corrected chi connectivity index (χ1v) is 7.51. The van der Waals surface area contributed by atoms with Gasteiger partial charge in [0.2, 0.25) is 0 Å². The lowest BCUT2D eigenvalue weighted by Crippen LogP contribution is -2.24. The van der Waals surface area contributed by atoms with Crippen molar-refractivity contribution in [3.8, 4) is 0 Å². The molecule has 5 nitrogen and oxygen atoms in total. The van der Waals surface area contributed by atoms with E-state index >= 15 is 0 Å². The molecule has 0 saturated carbocycles. The van der Waals surface area contributed by atoms with Crippen LogP contribution in [0.4, 0.5) is 5.69 Å². The van der Waals surface area contributed by atoms with Crippen molar-refractivity contribution in [3.05, 3.63) is 63.1 Å². The highest BCUT2D eigenvalue weighted by atomic mass is 35.5. The van der Waals surface area contributed by atoms with Crippen molar-refractivity contribution in [1.82, 2.24) is 10.6 Å². The third kappa shape index (κ3) is 4.15. The summed E-state index contributed by atoms with van der Waals surface area (Å²) in [5, 5.41) is 6.12. The molecule has 0 atom stereocenters. The molecule has 2 amide bonds. The lowest BCUT2D eigenvalue weighted by Gasteiger charge is -2.09. The van der Waals surface area contributed by atoms with Crippen molar-refractivity contribution in [1.29, 1.82) is 0 Å². The standard InChI is InChI=1S/C16H15Cl2N3O2/c1-20-15(22)10-3-4-11(14(19)7-10)16(23)21-8-9-2-5-12(17)13(18)6-9/h2-7H,8,19H2,1H3,(H,20,22)(H,21,23). The summed E-state index contributed by atoms with van der Waals surface area (Å²) < 4.78 is 0. The summed E-state index contributed by atoms with van der Waals surface area (Å²) >= 11 is 11.8. The zero-order valence-corrected chi connectivity index (χ0v) is 13.8. The van der Waals surface area contributed by atoms with Crippen LogP contribution in [0.15, 0.2) is 36.4 Å². The zero-order valence-electron chi connectivity index (χ0n) is 12.3. The first kappa shape index (κ1) is 17.1. The second kappa shape index (κ2) is 7.35. The van der Waals surface area contributed by atoms with E-state index in [1.165, 1.54) is 19.2 Å². The van der Waals surface area contributed by atoms with E-state index in [1.54, 1.807) is 24.3 Å². The van der Waals surface area contributed by atoms with Crippen LogP contribution in [0.1, 0.15) is 26.3 Å². The van der Waals surface area contributed by atoms with Crippen LogP contribution in [-0.4, -0.2) is 18.9 Å². The normalized spacial score (nSPS) is 10.2. The molecule has 0 spiro atoms. The van der Waals surface area contributed by atoms with Gasteiger partial charge in [0.25, 0.3) is 11.8 Å². The fourth-order valence-electron chi connectivity index (χ4n) is 1.98. The van der Waals surface area contributed by atoms with Crippen LogP contribution in [0.3, 0.4) is 0 Å². The SMILES string of the molecule is CNC(=O)c1ccc(C(=O)NCc2ccc(Cl)c(Cl)c2)c(N)c1. The van der Waals surface area contributed by atoms with Gasteiger partial charge < -0.3 is 16.4 Å². The molecule has 0 aliphatic heterocycles. The average molecular weight is 352 g/mol. The van der Waals surface area contributed by atoms with Gasteiger partial charge in [-0.3, -0.25) is 9.59 Å². The molecule has 0 bridgehead atoms. The minimum atomic E-state index is -0.336. The van der Waals surface area contributed by atoms with Crippen LogP contribution in [0.2, 0.25) is 10.0 Å². The maximum absolute atomic E-state index is 12.2. The summed E-state index contributed by atoms with van der Waals surface area (Å²) in [4.78, 5) is 23.7. The molecule has 4 N–H and O–H groups in total. The van der Waals surface area contributed by atoms with E-state index in [9.17, 15) is 9.59 Å². The molecule has 120 valence electrons. The Bertz CT molecular complexity index is 763. The summed E-state index contributed by atoms with van der Waals surface area (Å²) in [6.07, 6.45) is 0. The van der Waals surface area contributed by atoms with Gasteiger partial charge in [-0.25, -0.2) is 0 Å². The van der Waals surface area contributed by atoms with Gasteiger partial charge in [-0.05, 0) is 35.9 Å². The van der Waals surface area contributed by atoms with E-state index in [1.807, 2.05) is 0 Å². The van der Waals surface area contributed by atoms with Gasteiger partial charge in [0.05, 0.1) is 15.6 Å². The molecule has 0 heterocycles. The van der Waals surface area contributed by atoms with E-state index in [0.29, 0.717) is 21.2 Å². The quantitative estimate of drug-likeness (QED) is 0.740. The van der Waals surface area contributed by atoms with Gasteiger partial charge in [-0.15, -0.1) is 0 Å². The van der Waals surface area contributed by atoms with Crippen LogP contribution >= 0.6 is 23.2 Å². The van der Waals surface area contributed by atoms with Crippen molar-refractivity contribution in [2.24, 2.45) is 0 Å². The predicted octanol–water partition coefficient (Wildman–Crippen LogP) is 2.87. The fourth-order valence-corrected chi connectivity index (χ4v) is 2.30. The summed E-state index contributed by atoms with van der Waals surface area (Å²) in [6, 6.07) is 9.65. The number of halogens is 2. The number of hydrogen-bond acceptors (Lipinski definition) is 3. The Kier molecular flexibility index (Phi) is 5.47. The number of nitrogen functional groups attached to an aromatic ring is 1. The highest BCUT2D eigenvalue weighted by Gasteiger charge is 2.12. The number of nitrogens with one attached hydrogen (secondary N) is 2. The van der Waals surface area contributed by atoms with Crippen molar-refractivity contribution in [3.63, 3.8) is 0 Å². The lowest BCUT2D eigenvalue weighted by atomic mass is 10.1. The molecule has 0 unspecified atom stereocenters. The maximum atomic E-state index is 12.2. The molecule has 0 fully saturated rings. The summed E-state index contributed by atoms with van der Waals surface area (Å²) in [7, 11) is 1.52. The zero-order chi connectivity index (χ0) is 17.0. The molecule has 2 rings (SSSR count). The Morgan fingerprint density at radius 1 is 1.04 bits per heavy atom. The van der Waals surface area contributed by atoms with Gasteiger partial charge in [-0.2, -0.15) is 0 Å². The maximum Gasteiger partial charge on any atom is 0.253 e. The first-order valence-electron chi connectivity index (χ1n) is 6.76. The second-order valence-electron chi connectivity index (χ2n) is 4.81. The summed E-state index contributed by atoms with van der Waals surface area (Å²) in [5.41, 5.74) is 7.59. The van der Waals surface area contributed by atoms with Gasteiger partial charge in [0.15, 0.2) is 0 Å². The van der Waals surface area contributed by atoms with Gasteiger partial charge in [0, 0.05) is 24.8 Å². The largest absolute Gasteiger partial charge is 0.398 e. The van der Waals surface area contributed by atoms with Crippen LogP contribution in [0, 0.1) is 0 Å². The number of rotatable bonds is 4. The third-order valence-corrected chi connectivity index (χ3v) is 3.96. The highest BCUT2D eigenvalue weighted by molar-refractivity contribution is 6.42. The van der Waals surface area contributed by atoms with E-state index < -0.39 is 0 Å². The molecular weight excluding hydrogens is 337 g/mol. The molecule has 2 aromatic rings. The highest BCUT2D eigenvalue weighted by Crippen LogP contribution is 2.22. The molecule has 0 saturated heterocycles. The van der Waals surface area contributed by atoms with Crippen molar-refractivity contribution < 1.29 is 9.59 Å². The number of carbonyl (C=O) groups excluding carboxylic acids is 2. The first-order chi connectivity index (χ1) is 10.9. The van der Waals surface area contributed by atoms with E-state index in [-0.39, 0.29) is 24.0 Å². The van der Waals surface area contributed by atoms with Crippen molar-refractivity contribution in [2.45, 2.75) is 6.54 Å². The van der Waals surface area contributed by atoms with E-state index in [2.05, 4.69) is 10.6 Å². The number of hydrogen-bond donors (Lipinski definition) is 3. The summed E-state index contributed by atoms with van der Waals surface area (Å²) in [6.45, 7) is 0.284.